The number of fused-ring (bicyclic) bond motifs is 1. The number of benzene rings is 1. The van der Waals surface area contributed by atoms with E-state index in [0.29, 0.717) is 0 Å². The number of aromatic carboxylic acids is 1. The lowest BCUT2D eigenvalue weighted by Gasteiger charge is -2.32. The molecule has 1 saturated heterocycles. The average molecular weight is 401 g/mol. The summed E-state index contributed by atoms with van der Waals surface area (Å²) in [5.41, 5.74) is 0.621. The lowest BCUT2D eigenvalue weighted by molar-refractivity contribution is -0.118. The van der Waals surface area contributed by atoms with Gasteiger partial charge in [0.25, 0.3) is 0 Å². The van der Waals surface area contributed by atoms with E-state index < -0.39 is 24.3 Å². The van der Waals surface area contributed by atoms with Gasteiger partial charge < -0.3 is 19.7 Å². The molecule has 2 N–H and O–H groups in total. The molecule has 1 fully saturated rings. The number of amides is 1. The minimum atomic E-state index is -0.944. The van der Waals surface area contributed by atoms with E-state index in [1.165, 1.54) is 18.3 Å². The van der Waals surface area contributed by atoms with Gasteiger partial charge in [-0.1, -0.05) is 18.2 Å². The summed E-state index contributed by atoms with van der Waals surface area (Å²) in [6.07, 6.45) is 1.92. The Hall–Kier alpha value is -2.16. The summed E-state index contributed by atoms with van der Waals surface area (Å²) in [5, 5.41) is 13.0. The minimum absolute atomic E-state index is 0.149. The molecule has 3 rings (SSSR count). The van der Waals surface area contributed by atoms with Gasteiger partial charge in [0.1, 0.15) is 4.88 Å². The molecule has 1 amide bonds. The maximum atomic E-state index is 11.5. The number of hydrogen-bond acceptors (Lipinski definition) is 5. The van der Waals surface area contributed by atoms with Gasteiger partial charge in [-0.15, -0.1) is 11.3 Å². The van der Waals surface area contributed by atoms with Crippen LogP contribution in [0.3, 0.4) is 0 Å². The summed E-state index contributed by atoms with van der Waals surface area (Å²) < 4.78 is 13.2. The van der Waals surface area contributed by atoms with Crippen LogP contribution in [0.2, 0.25) is 0 Å². The Kier molecular flexibility index (Phi) is 5.40. The van der Waals surface area contributed by atoms with Crippen LogP contribution in [-0.4, -0.2) is 41.8 Å². The molecule has 8 heteroatoms. The molecule has 2 heterocycles. The molecule has 1 aliphatic rings. The Labute approximate surface area is 168 Å². The number of carboxylic acids is 1. The van der Waals surface area contributed by atoms with E-state index in [1.54, 1.807) is 6.07 Å². The minimum Gasteiger partial charge on any atom is -0.477 e. The SMILES string of the molecule is CC(=O)NCC(=Cc1cccc2sc(C(=O)O)cc12)B1OC(C)(C)C(C)(C)O1. The zero-order chi connectivity index (χ0) is 20.7. The van der Waals surface area contributed by atoms with E-state index in [1.807, 2.05) is 52.0 Å². The van der Waals surface area contributed by atoms with E-state index in [4.69, 9.17) is 9.31 Å². The number of rotatable bonds is 5. The predicted octanol–water partition coefficient (Wildman–Crippen LogP) is 3.75. The van der Waals surface area contributed by atoms with E-state index in [2.05, 4.69) is 5.32 Å². The molecular formula is C20H24BNO5S. The first kappa shape index (κ1) is 20.6. The summed E-state index contributed by atoms with van der Waals surface area (Å²) in [6.45, 7) is 9.63. The number of carbonyl (C=O) groups is 2. The van der Waals surface area contributed by atoms with Crippen LogP contribution in [0.4, 0.5) is 0 Å². The molecule has 1 aromatic carbocycles. The van der Waals surface area contributed by atoms with Crippen LogP contribution in [0.1, 0.15) is 49.9 Å². The largest absolute Gasteiger partial charge is 0.492 e. The number of thiophene rings is 1. The summed E-state index contributed by atoms with van der Waals surface area (Å²) in [6, 6.07) is 7.37. The van der Waals surface area contributed by atoms with Crippen LogP contribution in [0.25, 0.3) is 16.2 Å². The van der Waals surface area contributed by atoms with Gasteiger partial charge in [0, 0.05) is 23.6 Å². The highest BCUT2D eigenvalue weighted by molar-refractivity contribution is 7.20. The molecule has 0 radical (unpaired) electrons. The quantitative estimate of drug-likeness (QED) is 0.746. The third kappa shape index (κ3) is 3.99. The number of hydrogen-bond donors (Lipinski definition) is 2. The first-order chi connectivity index (χ1) is 13.0. The van der Waals surface area contributed by atoms with Crippen molar-refractivity contribution in [1.29, 1.82) is 0 Å². The van der Waals surface area contributed by atoms with E-state index in [9.17, 15) is 14.7 Å². The van der Waals surface area contributed by atoms with Crippen molar-refractivity contribution in [3.8, 4) is 0 Å². The lowest BCUT2D eigenvalue weighted by Crippen LogP contribution is -2.41. The number of carbonyl (C=O) groups excluding carboxylic acids is 1. The fourth-order valence-corrected chi connectivity index (χ4v) is 3.87. The maximum Gasteiger partial charge on any atom is 0.492 e. The topological polar surface area (TPSA) is 84.9 Å². The van der Waals surface area contributed by atoms with Crippen molar-refractivity contribution < 1.29 is 24.0 Å². The van der Waals surface area contributed by atoms with Crippen LogP contribution >= 0.6 is 11.3 Å². The van der Waals surface area contributed by atoms with Crippen LogP contribution in [0.15, 0.2) is 29.7 Å². The fourth-order valence-electron chi connectivity index (χ4n) is 2.94. The van der Waals surface area contributed by atoms with Crippen molar-refractivity contribution in [2.45, 2.75) is 45.8 Å². The molecule has 0 unspecified atom stereocenters. The Balaban J connectivity index is 2.04. The summed E-state index contributed by atoms with van der Waals surface area (Å²) in [4.78, 5) is 23.1. The van der Waals surface area contributed by atoms with Crippen molar-refractivity contribution in [2.75, 3.05) is 6.54 Å². The second-order valence-electron chi connectivity index (χ2n) is 7.89. The standard InChI is InChI=1S/C20H24BNO5S/c1-12(23)22-11-14(21-26-19(2,3)20(4,5)27-21)9-13-7-6-8-16-15(13)10-17(28-16)18(24)25/h6-10H,11H2,1-5H3,(H,22,23)(H,24,25). The molecule has 0 atom stereocenters. The zero-order valence-electron chi connectivity index (χ0n) is 16.7. The molecule has 2 aromatic rings. The third-order valence-electron chi connectivity index (χ3n) is 5.24. The molecule has 0 spiro atoms. The number of nitrogens with one attached hydrogen (secondary N) is 1. The molecule has 6 nitrogen and oxygen atoms in total. The van der Waals surface area contributed by atoms with Gasteiger partial charge in [-0.25, -0.2) is 4.79 Å². The highest BCUT2D eigenvalue weighted by Crippen LogP contribution is 2.39. The first-order valence-corrected chi connectivity index (χ1v) is 9.88. The van der Waals surface area contributed by atoms with Crippen molar-refractivity contribution in [3.05, 3.63) is 40.2 Å². The second-order valence-corrected chi connectivity index (χ2v) is 8.98. The van der Waals surface area contributed by atoms with Gasteiger partial charge in [-0.2, -0.15) is 0 Å². The van der Waals surface area contributed by atoms with Crippen molar-refractivity contribution in [3.63, 3.8) is 0 Å². The molecular weight excluding hydrogens is 377 g/mol. The molecule has 148 valence electrons. The zero-order valence-corrected chi connectivity index (χ0v) is 17.5. The van der Waals surface area contributed by atoms with Gasteiger partial charge in [0.05, 0.1) is 11.2 Å². The molecule has 0 saturated carbocycles. The van der Waals surface area contributed by atoms with Crippen molar-refractivity contribution >= 4 is 46.5 Å². The molecule has 1 aromatic heterocycles. The Bertz CT molecular complexity index is 947. The fraction of sp³-hybridized carbons (Fsp3) is 0.400. The normalized spacial score (nSPS) is 18.5. The Morgan fingerprint density at radius 3 is 2.43 bits per heavy atom. The molecule has 0 aliphatic carbocycles. The van der Waals surface area contributed by atoms with Gasteiger partial charge >= 0.3 is 13.1 Å². The highest BCUT2D eigenvalue weighted by atomic mass is 32.1. The second kappa shape index (κ2) is 7.35. The molecule has 1 aliphatic heterocycles. The molecule has 0 bridgehead atoms. The van der Waals surface area contributed by atoms with E-state index in [-0.39, 0.29) is 17.3 Å². The van der Waals surface area contributed by atoms with Gasteiger partial charge in [-0.05, 0) is 50.9 Å². The Morgan fingerprint density at radius 1 is 1.21 bits per heavy atom. The monoisotopic (exact) mass is 401 g/mol. The third-order valence-corrected chi connectivity index (χ3v) is 6.33. The van der Waals surface area contributed by atoms with Gasteiger partial charge in [0.15, 0.2) is 0 Å². The van der Waals surface area contributed by atoms with Crippen LogP contribution in [0, 0.1) is 0 Å². The summed E-state index contributed by atoms with van der Waals surface area (Å²) in [5.74, 6) is -1.09. The van der Waals surface area contributed by atoms with Crippen LogP contribution in [0.5, 0.6) is 0 Å². The average Bonchev–Trinajstić information content (AvgIpc) is 3.10. The van der Waals surface area contributed by atoms with E-state index >= 15 is 0 Å². The van der Waals surface area contributed by atoms with Crippen LogP contribution < -0.4 is 5.32 Å². The lowest BCUT2D eigenvalue weighted by atomic mass is 9.76. The van der Waals surface area contributed by atoms with Crippen molar-refractivity contribution in [2.24, 2.45) is 0 Å². The molecule has 28 heavy (non-hydrogen) atoms. The predicted molar refractivity (Wildman–Crippen MR) is 112 cm³/mol. The van der Waals surface area contributed by atoms with Gasteiger partial charge in [0.2, 0.25) is 5.91 Å². The van der Waals surface area contributed by atoms with Crippen LogP contribution in [-0.2, 0) is 14.1 Å². The maximum absolute atomic E-state index is 11.5. The smallest absolute Gasteiger partial charge is 0.477 e. The summed E-state index contributed by atoms with van der Waals surface area (Å²) in [7, 11) is -0.607. The summed E-state index contributed by atoms with van der Waals surface area (Å²) >= 11 is 1.24. The first-order valence-electron chi connectivity index (χ1n) is 9.06. The van der Waals surface area contributed by atoms with Crippen molar-refractivity contribution in [1.82, 2.24) is 5.32 Å². The Morgan fingerprint density at radius 2 is 1.86 bits per heavy atom. The van der Waals surface area contributed by atoms with E-state index in [0.717, 1.165) is 21.1 Å². The number of carboxylic acid groups (broad SMARTS) is 1. The highest BCUT2D eigenvalue weighted by Gasteiger charge is 2.52. The van der Waals surface area contributed by atoms with Gasteiger partial charge in [-0.3, -0.25) is 4.79 Å².